The Hall–Kier alpha value is -1.59. The van der Waals surface area contributed by atoms with Gasteiger partial charge in [-0.05, 0) is 30.2 Å². The molecule has 0 saturated carbocycles. The molecular weight excluding hydrogens is 174 g/mol. The molecule has 0 amide bonds. The van der Waals surface area contributed by atoms with E-state index in [1.165, 1.54) is 0 Å². The molecule has 0 bridgehead atoms. The van der Waals surface area contributed by atoms with Crippen LogP contribution in [0.15, 0.2) is 24.3 Å². The molecule has 0 aliphatic heterocycles. The van der Waals surface area contributed by atoms with Crippen molar-refractivity contribution in [2.75, 3.05) is 0 Å². The van der Waals surface area contributed by atoms with E-state index in [4.69, 9.17) is 5.26 Å². The molecule has 1 aliphatic rings. The lowest BCUT2D eigenvalue weighted by molar-refractivity contribution is 0.180. The van der Waals surface area contributed by atoms with Gasteiger partial charge in [0, 0.05) is 5.92 Å². The van der Waals surface area contributed by atoms with Gasteiger partial charge in [-0.1, -0.05) is 18.2 Å². The second-order valence-electron chi connectivity index (χ2n) is 3.58. The first-order valence-electron chi connectivity index (χ1n) is 4.62. The molecule has 0 saturated heterocycles. The first-order chi connectivity index (χ1) is 6.72. The summed E-state index contributed by atoms with van der Waals surface area (Å²) in [7, 11) is 0. The number of nitrogens with zero attached hydrogens (tertiary/aromatic N) is 1. The molecular formula is C12H11NO. The fourth-order valence-electron chi connectivity index (χ4n) is 1.82. The van der Waals surface area contributed by atoms with Crippen LogP contribution in [0.4, 0.5) is 0 Å². The summed E-state index contributed by atoms with van der Waals surface area (Å²) in [5.74, 6) is 0.0812. The zero-order chi connectivity index (χ0) is 10.1. The van der Waals surface area contributed by atoms with Gasteiger partial charge in [0.05, 0.1) is 17.7 Å². The number of aliphatic hydroxyl groups is 1. The molecule has 0 heterocycles. The highest BCUT2D eigenvalue weighted by atomic mass is 16.3. The Morgan fingerprint density at radius 1 is 1.50 bits per heavy atom. The number of hydrogen-bond donors (Lipinski definition) is 1. The van der Waals surface area contributed by atoms with Crippen LogP contribution in [0.5, 0.6) is 0 Å². The summed E-state index contributed by atoms with van der Waals surface area (Å²) < 4.78 is 0. The zero-order valence-corrected chi connectivity index (χ0v) is 7.94. The van der Waals surface area contributed by atoms with Crippen molar-refractivity contribution in [3.63, 3.8) is 0 Å². The van der Waals surface area contributed by atoms with Gasteiger partial charge in [0.1, 0.15) is 0 Å². The lowest BCUT2D eigenvalue weighted by Gasteiger charge is -2.13. The Morgan fingerprint density at radius 2 is 2.29 bits per heavy atom. The second kappa shape index (κ2) is 3.28. The molecule has 1 aliphatic carbocycles. The molecule has 2 heteroatoms. The molecule has 1 N–H and O–H groups in total. The van der Waals surface area contributed by atoms with Gasteiger partial charge in [0.2, 0.25) is 0 Å². The number of aliphatic hydroxyl groups excluding tert-OH is 1. The summed E-state index contributed by atoms with van der Waals surface area (Å²) >= 11 is 0. The van der Waals surface area contributed by atoms with Gasteiger partial charge in [0.15, 0.2) is 0 Å². The predicted molar refractivity (Wildman–Crippen MR) is 54.6 cm³/mol. The van der Waals surface area contributed by atoms with E-state index in [2.05, 4.69) is 6.07 Å². The highest BCUT2D eigenvalue weighted by molar-refractivity contribution is 5.64. The van der Waals surface area contributed by atoms with Gasteiger partial charge in [-0.3, -0.25) is 0 Å². The topological polar surface area (TPSA) is 44.0 Å². The largest absolute Gasteiger partial charge is 0.392 e. The van der Waals surface area contributed by atoms with Crippen LogP contribution in [-0.4, -0.2) is 11.2 Å². The molecule has 14 heavy (non-hydrogen) atoms. The van der Waals surface area contributed by atoms with Gasteiger partial charge in [-0.2, -0.15) is 5.26 Å². The molecule has 2 rings (SSSR count). The summed E-state index contributed by atoms with van der Waals surface area (Å²) in [5, 5.41) is 18.2. The summed E-state index contributed by atoms with van der Waals surface area (Å²) in [6, 6.07) is 7.67. The standard InChI is InChI=1S/C12H11NO/c1-8(14)11-5-3-10-6-9(7-13)2-4-12(10)11/h2-6,8,11,14H,1H3. The minimum absolute atomic E-state index is 0.0812. The van der Waals surface area contributed by atoms with Gasteiger partial charge >= 0.3 is 0 Å². The fraction of sp³-hybridized carbons (Fsp3) is 0.250. The van der Waals surface area contributed by atoms with Crippen molar-refractivity contribution in [3.8, 4) is 6.07 Å². The van der Waals surface area contributed by atoms with E-state index in [0.717, 1.165) is 11.1 Å². The van der Waals surface area contributed by atoms with Crippen molar-refractivity contribution in [3.05, 3.63) is 41.0 Å². The first-order valence-corrected chi connectivity index (χ1v) is 4.62. The number of hydrogen-bond acceptors (Lipinski definition) is 2. The van der Waals surface area contributed by atoms with Crippen molar-refractivity contribution >= 4 is 6.08 Å². The maximum Gasteiger partial charge on any atom is 0.0991 e. The molecule has 0 fully saturated rings. The Labute approximate surface area is 83.1 Å². The van der Waals surface area contributed by atoms with Gasteiger partial charge in [-0.25, -0.2) is 0 Å². The van der Waals surface area contributed by atoms with Crippen LogP contribution < -0.4 is 0 Å². The Bertz CT molecular complexity index is 426. The van der Waals surface area contributed by atoms with Crippen molar-refractivity contribution in [1.82, 2.24) is 0 Å². The Morgan fingerprint density at radius 3 is 2.93 bits per heavy atom. The van der Waals surface area contributed by atoms with Crippen LogP contribution in [-0.2, 0) is 0 Å². The van der Waals surface area contributed by atoms with Crippen LogP contribution in [0.3, 0.4) is 0 Å². The molecule has 70 valence electrons. The summed E-state index contributed by atoms with van der Waals surface area (Å²) in [4.78, 5) is 0. The molecule has 2 unspecified atom stereocenters. The van der Waals surface area contributed by atoms with Gasteiger partial charge < -0.3 is 5.11 Å². The Balaban J connectivity index is 2.44. The van der Waals surface area contributed by atoms with E-state index in [1.54, 1.807) is 13.0 Å². The lowest BCUT2D eigenvalue weighted by Crippen LogP contribution is -2.10. The van der Waals surface area contributed by atoms with Gasteiger partial charge in [-0.15, -0.1) is 0 Å². The van der Waals surface area contributed by atoms with Crippen molar-refractivity contribution in [1.29, 1.82) is 5.26 Å². The average molecular weight is 185 g/mol. The maximum atomic E-state index is 9.51. The van der Waals surface area contributed by atoms with E-state index >= 15 is 0 Å². The Kier molecular flexibility index (Phi) is 2.11. The predicted octanol–water partition coefficient (Wildman–Crippen LogP) is 2.05. The van der Waals surface area contributed by atoms with E-state index in [9.17, 15) is 5.11 Å². The molecule has 1 aromatic rings. The first kappa shape index (κ1) is 8.98. The minimum atomic E-state index is -0.375. The molecule has 0 radical (unpaired) electrons. The molecule has 2 atom stereocenters. The summed E-state index contributed by atoms with van der Waals surface area (Å²) in [6.07, 6.45) is 3.57. The highest BCUT2D eigenvalue weighted by Crippen LogP contribution is 2.32. The highest BCUT2D eigenvalue weighted by Gasteiger charge is 2.21. The molecule has 0 spiro atoms. The maximum absolute atomic E-state index is 9.51. The smallest absolute Gasteiger partial charge is 0.0991 e. The van der Waals surface area contributed by atoms with Crippen LogP contribution in [0, 0.1) is 11.3 Å². The number of benzene rings is 1. The van der Waals surface area contributed by atoms with Crippen LogP contribution in [0.25, 0.3) is 6.08 Å². The third kappa shape index (κ3) is 1.32. The average Bonchev–Trinajstić information content (AvgIpc) is 2.59. The normalized spacial score (nSPS) is 20.2. The SMILES string of the molecule is CC(O)C1C=Cc2cc(C#N)ccc21. The lowest BCUT2D eigenvalue weighted by atomic mass is 9.95. The van der Waals surface area contributed by atoms with Crippen LogP contribution in [0.2, 0.25) is 0 Å². The minimum Gasteiger partial charge on any atom is -0.392 e. The fourth-order valence-corrected chi connectivity index (χ4v) is 1.82. The quantitative estimate of drug-likeness (QED) is 0.727. The van der Waals surface area contributed by atoms with E-state index in [-0.39, 0.29) is 12.0 Å². The van der Waals surface area contributed by atoms with Crippen LogP contribution in [0.1, 0.15) is 29.5 Å². The van der Waals surface area contributed by atoms with Crippen molar-refractivity contribution in [2.24, 2.45) is 0 Å². The molecule has 2 nitrogen and oxygen atoms in total. The van der Waals surface area contributed by atoms with E-state index < -0.39 is 0 Å². The third-order valence-electron chi connectivity index (χ3n) is 2.58. The third-order valence-corrected chi connectivity index (χ3v) is 2.58. The number of rotatable bonds is 1. The summed E-state index contributed by atoms with van der Waals surface area (Å²) in [6.45, 7) is 1.78. The van der Waals surface area contributed by atoms with Crippen molar-refractivity contribution < 1.29 is 5.11 Å². The monoisotopic (exact) mass is 185 g/mol. The van der Waals surface area contributed by atoms with Crippen LogP contribution >= 0.6 is 0 Å². The van der Waals surface area contributed by atoms with E-state index in [1.807, 2.05) is 24.3 Å². The molecule has 0 aromatic heterocycles. The molecule has 1 aromatic carbocycles. The number of nitriles is 1. The van der Waals surface area contributed by atoms with Gasteiger partial charge in [0.25, 0.3) is 0 Å². The van der Waals surface area contributed by atoms with Crippen molar-refractivity contribution in [2.45, 2.75) is 18.9 Å². The zero-order valence-electron chi connectivity index (χ0n) is 7.94. The second-order valence-corrected chi connectivity index (χ2v) is 3.58. The summed E-state index contributed by atoms with van der Waals surface area (Å²) in [5.41, 5.74) is 2.83. The van der Waals surface area contributed by atoms with E-state index in [0.29, 0.717) is 5.56 Å². The number of fused-ring (bicyclic) bond motifs is 1.